The minimum absolute atomic E-state index is 0.0818. The Balaban J connectivity index is 2.40. The summed E-state index contributed by atoms with van der Waals surface area (Å²) in [6.07, 6.45) is 0. The Morgan fingerprint density at radius 3 is 2.39 bits per heavy atom. The molecule has 2 rings (SSSR count). The molecule has 94 valence electrons. The minimum Gasteiger partial charge on any atom is -0.476 e. The lowest BCUT2D eigenvalue weighted by Gasteiger charge is -2.12. The molecule has 0 fully saturated rings. The molecule has 0 aliphatic heterocycles. The summed E-state index contributed by atoms with van der Waals surface area (Å²) in [5.74, 6) is -1.11. The van der Waals surface area contributed by atoms with E-state index in [1.54, 1.807) is 0 Å². The number of anilines is 2. The lowest BCUT2D eigenvalue weighted by molar-refractivity contribution is 0.0691. The zero-order valence-corrected chi connectivity index (χ0v) is 10.1. The van der Waals surface area contributed by atoms with E-state index >= 15 is 0 Å². The second-order valence-corrected chi connectivity index (χ2v) is 4.11. The van der Waals surface area contributed by atoms with Crippen LogP contribution in [-0.4, -0.2) is 35.4 Å². The maximum absolute atomic E-state index is 10.9. The van der Waals surface area contributed by atoms with Gasteiger partial charge in [-0.25, -0.2) is 4.79 Å². The molecule has 0 spiro atoms. The van der Waals surface area contributed by atoms with Crippen LogP contribution in [0.15, 0.2) is 24.3 Å². The molecule has 0 aliphatic carbocycles. The monoisotopic (exact) mass is 246 g/mol. The van der Waals surface area contributed by atoms with Gasteiger partial charge in [-0.3, -0.25) is 5.10 Å². The van der Waals surface area contributed by atoms with Gasteiger partial charge in [-0.15, -0.1) is 0 Å². The Labute approximate surface area is 104 Å². The molecular weight excluding hydrogens is 232 g/mol. The number of carboxylic acid groups (broad SMARTS) is 1. The molecule has 0 saturated carbocycles. The van der Waals surface area contributed by atoms with Gasteiger partial charge in [0.05, 0.1) is 5.69 Å². The van der Waals surface area contributed by atoms with E-state index in [0.717, 1.165) is 11.3 Å². The number of nitrogens with two attached hydrogens (primary N) is 1. The van der Waals surface area contributed by atoms with Gasteiger partial charge >= 0.3 is 5.97 Å². The Hall–Kier alpha value is -2.50. The second-order valence-electron chi connectivity index (χ2n) is 4.11. The van der Waals surface area contributed by atoms with Crippen LogP contribution in [0.25, 0.3) is 11.3 Å². The molecule has 0 unspecified atom stereocenters. The highest BCUT2D eigenvalue weighted by molar-refractivity contribution is 5.95. The molecule has 4 N–H and O–H groups in total. The average molecular weight is 246 g/mol. The van der Waals surface area contributed by atoms with Crippen molar-refractivity contribution in [3.8, 4) is 11.3 Å². The van der Waals surface area contributed by atoms with E-state index in [1.165, 1.54) is 0 Å². The number of aromatic carboxylic acids is 1. The summed E-state index contributed by atoms with van der Waals surface area (Å²) in [4.78, 5) is 12.8. The van der Waals surface area contributed by atoms with Crippen molar-refractivity contribution in [2.75, 3.05) is 24.7 Å². The SMILES string of the molecule is CN(C)c1ccc(-c2n[nH]c(C(=O)O)c2N)cc1. The van der Waals surface area contributed by atoms with E-state index in [2.05, 4.69) is 10.2 Å². The number of carboxylic acids is 1. The number of hydrogen-bond donors (Lipinski definition) is 3. The van der Waals surface area contributed by atoms with Crippen molar-refractivity contribution in [3.63, 3.8) is 0 Å². The summed E-state index contributed by atoms with van der Waals surface area (Å²) >= 11 is 0. The van der Waals surface area contributed by atoms with Crippen molar-refractivity contribution in [1.82, 2.24) is 10.2 Å². The van der Waals surface area contributed by atoms with Crippen LogP contribution in [0.4, 0.5) is 11.4 Å². The van der Waals surface area contributed by atoms with Crippen molar-refractivity contribution in [3.05, 3.63) is 30.0 Å². The van der Waals surface area contributed by atoms with Crippen molar-refractivity contribution >= 4 is 17.3 Å². The molecule has 1 aromatic heterocycles. The van der Waals surface area contributed by atoms with E-state index in [-0.39, 0.29) is 11.4 Å². The van der Waals surface area contributed by atoms with Gasteiger partial charge in [0.1, 0.15) is 5.69 Å². The van der Waals surface area contributed by atoms with E-state index in [1.807, 2.05) is 43.3 Å². The molecular formula is C12H14N4O2. The van der Waals surface area contributed by atoms with Gasteiger partial charge in [0.25, 0.3) is 0 Å². The first-order chi connectivity index (χ1) is 8.50. The average Bonchev–Trinajstić information content (AvgIpc) is 2.71. The molecule has 0 aliphatic rings. The summed E-state index contributed by atoms with van der Waals surface area (Å²) in [6.45, 7) is 0. The van der Waals surface area contributed by atoms with Crippen molar-refractivity contribution in [2.24, 2.45) is 0 Å². The van der Waals surface area contributed by atoms with Gasteiger partial charge in [-0.2, -0.15) is 5.10 Å². The zero-order chi connectivity index (χ0) is 13.3. The number of carbonyl (C=O) groups is 1. The first-order valence-corrected chi connectivity index (χ1v) is 5.35. The summed E-state index contributed by atoms with van der Waals surface area (Å²) in [6, 6.07) is 7.55. The first kappa shape index (κ1) is 12.0. The fraction of sp³-hybridized carbons (Fsp3) is 0.167. The number of aromatic nitrogens is 2. The number of nitrogens with zero attached hydrogens (tertiary/aromatic N) is 2. The molecule has 6 heteroatoms. The van der Waals surface area contributed by atoms with E-state index in [9.17, 15) is 4.79 Å². The van der Waals surface area contributed by atoms with Crippen LogP contribution in [0.2, 0.25) is 0 Å². The molecule has 1 aromatic carbocycles. The van der Waals surface area contributed by atoms with E-state index in [4.69, 9.17) is 10.8 Å². The molecule has 0 bridgehead atoms. The number of nitrogen functional groups attached to an aromatic ring is 1. The molecule has 2 aromatic rings. The summed E-state index contributed by atoms with van der Waals surface area (Å²) < 4.78 is 0. The largest absolute Gasteiger partial charge is 0.476 e. The maximum atomic E-state index is 10.9. The van der Waals surface area contributed by atoms with Gasteiger partial charge in [-0.1, -0.05) is 12.1 Å². The molecule has 0 saturated heterocycles. The van der Waals surface area contributed by atoms with Crippen molar-refractivity contribution < 1.29 is 9.90 Å². The first-order valence-electron chi connectivity index (χ1n) is 5.35. The van der Waals surface area contributed by atoms with E-state index < -0.39 is 5.97 Å². The van der Waals surface area contributed by atoms with Gasteiger partial charge in [0, 0.05) is 25.3 Å². The zero-order valence-electron chi connectivity index (χ0n) is 10.1. The smallest absolute Gasteiger partial charge is 0.356 e. The Bertz CT molecular complexity index is 572. The third kappa shape index (κ3) is 2.00. The number of rotatable bonds is 3. The number of benzene rings is 1. The lowest BCUT2D eigenvalue weighted by Crippen LogP contribution is -2.07. The molecule has 6 nitrogen and oxygen atoms in total. The summed E-state index contributed by atoms with van der Waals surface area (Å²) in [5, 5.41) is 15.2. The normalized spacial score (nSPS) is 10.3. The topological polar surface area (TPSA) is 95.2 Å². The fourth-order valence-corrected chi connectivity index (χ4v) is 1.65. The standard InChI is InChI=1S/C12H14N4O2/c1-16(2)8-5-3-7(4-6-8)10-9(13)11(12(17)18)15-14-10/h3-6H,13H2,1-2H3,(H,14,15)(H,17,18). The van der Waals surface area contributed by atoms with E-state index in [0.29, 0.717) is 5.69 Å². The lowest BCUT2D eigenvalue weighted by atomic mass is 10.1. The number of H-pyrrole nitrogens is 1. The van der Waals surface area contributed by atoms with Crippen LogP contribution in [0.1, 0.15) is 10.5 Å². The quantitative estimate of drug-likeness (QED) is 0.761. The van der Waals surface area contributed by atoms with Gasteiger partial charge in [0.15, 0.2) is 5.69 Å². The highest BCUT2D eigenvalue weighted by Gasteiger charge is 2.16. The number of nitrogens with one attached hydrogen (secondary N) is 1. The van der Waals surface area contributed by atoms with Gasteiger partial charge in [0.2, 0.25) is 0 Å². The molecule has 0 amide bonds. The van der Waals surface area contributed by atoms with Gasteiger partial charge < -0.3 is 15.7 Å². The highest BCUT2D eigenvalue weighted by atomic mass is 16.4. The molecule has 1 heterocycles. The second kappa shape index (κ2) is 4.40. The van der Waals surface area contributed by atoms with Crippen LogP contribution in [-0.2, 0) is 0 Å². The minimum atomic E-state index is -1.11. The fourth-order valence-electron chi connectivity index (χ4n) is 1.65. The van der Waals surface area contributed by atoms with Crippen LogP contribution in [0, 0.1) is 0 Å². The molecule has 18 heavy (non-hydrogen) atoms. The third-order valence-corrected chi connectivity index (χ3v) is 2.67. The predicted molar refractivity (Wildman–Crippen MR) is 69.7 cm³/mol. The maximum Gasteiger partial charge on any atom is 0.356 e. The number of aromatic amines is 1. The predicted octanol–water partition coefficient (Wildman–Crippen LogP) is 1.42. The van der Waals surface area contributed by atoms with Crippen molar-refractivity contribution in [1.29, 1.82) is 0 Å². The van der Waals surface area contributed by atoms with Crippen molar-refractivity contribution in [2.45, 2.75) is 0 Å². The summed E-state index contributed by atoms with van der Waals surface area (Å²) in [5.41, 5.74) is 8.10. The third-order valence-electron chi connectivity index (χ3n) is 2.67. The van der Waals surface area contributed by atoms with Crippen LogP contribution < -0.4 is 10.6 Å². The Morgan fingerprint density at radius 1 is 1.33 bits per heavy atom. The Morgan fingerprint density at radius 2 is 1.94 bits per heavy atom. The van der Waals surface area contributed by atoms with Crippen LogP contribution in [0.5, 0.6) is 0 Å². The Kier molecular flexibility index (Phi) is 2.93. The van der Waals surface area contributed by atoms with Crippen LogP contribution >= 0.6 is 0 Å². The van der Waals surface area contributed by atoms with Crippen LogP contribution in [0.3, 0.4) is 0 Å². The molecule has 0 radical (unpaired) electrons. The highest BCUT2D eigenvalue weighted by Crippen LogP contribution is 2.27. The summed E-state index contributed by atoms with van der Waals surface area (Å²) in [7, 11) is 3.89. The van der Waals surface area contributed by atoms with Gasteiger partial charge in [-0.05, 0) is 12.1 Å². The molecule has 0 atom stereocenters. The number of hydrogen-bond acceptors (Lipinski definition) is 4.